The predicted molar refractivity (Wildman–Crippen MR) is 123 cm³/mol. The normalized spacial score (nSPS) is 13.9. The van der Waals surface area contributed by atoms with Gasteiger partial charge in [0.2, 0.25) is 29.5 Å². The number of phenols is 1. The van der Waals surface area contributed by atoms with E-state index < -0.39 is 72.7 Å². The molecule has 36 heavy (non-hydrogen) atoms. The Hall–Kier alpha value is -4.24. The number of rotatable bonds is 15. The first-order valence-corrected chi connectivity index (χ1v) is 10.7. The number of phenolic OH excluding ortho intramolecular Hbond substituents is 1. The number of hydrogen-bond acceptors (Lipinski definition) is 9. The molecule has 0 aliphatic heterocycles. The number of aliphatic carboxylic acids is 1. The van der Waals surface area contributed by atoms with Crippen LogP contribution in [0.2, 0.25) is 0 Å². The van der Waals surface area contributed by atoms with Crippen LogP contribution in [-0.2, 0) is 35.2 Å². The first-order valence-electron chi connectivity index (χ1n) is 10.7. The molecular weight excluding hydrogens is 480 g/mol. The van der Waals surface area contributed by atoms with Crippen molar-refractivity contribution in [2.45, 2.75) is 49.9 Å². The first kappa shape index (κ1) is 29.8. The summed E-state index contributed by atoms with van der Waals surface area (Å²) in [5.41, 5.74) is 16.1. The van der Waals surface area contributed by atoms with E-state index in [1.54, 1.807) is 0 Å². The van der Waals surface area contributed by atoms with Gasteiger partial charge in [-0.1, -0.05) is 12.1 Å². The Bertz CT molecular complexity index is 969. The molecule has 0 spiro atoms. The molecule has 0 bridgehead atoms. The lowest BCUT2D eigenvalue weighted by molar-refractivity contribution is -0.142. The van der Waals surface area contributed by atoms with Crippen molar-refractivity contribution in [1.29, 1.82) is 0 Å². The fourth-order valence-corrected chi connectivity index (χ4v) is 2.94. The van der Waals surface area contributed by atoms with Crippen molar-refractivity contribution in [2.75, 3.05) is 6.61 Å². The molecule has 15 heteroatoms. The minimum absolute atomic E-state index is 0.0446. The van der Waals surface area contributed by atoms with Crippen molar-refractivity contribution in [3.63, 3.8) is 0 Å². The number of carboxylic acids is 1. The average Bonchev–Trinajstić information content (AvgIpc) is 2.80. The predicted octanol–water partition coefficient (Wildman–Crippen LogP) is -4.07. The molecule has 0 radical (unpaired) electrons. The van der Waals surface area contributed by atoms with E-state index >= 15 is 0 Å². The SMILES string of the molecule is NC(=O)CC[C@H](NC(=O)[C@@H](N)CO)C(=O)N[C@@H](CC(N)=O)C(=O)N[C@@H](Cc1ccc(O)cc1)C(=O)O. The molecule has 0 aliphatic rings. The minimum Gasteiger partial charge on any atom is -0.508 e. The average molecular weight is 511 g/mol. The van der Waals surface area contributed by atoms with Crippen LogP contribution in [-0.4, -0.2) is 81.6 Å². The number of aromatic hydroxyl groups is 1. The fraction of sp³-hybridized carbons (Fsp3) is 0.429. The highest BCUT2D eigenvalue weighted by atomic mass is 16.4. The van der Waals surface area contributed by atoms with Crippen molar-refractivity contribution < 1.29 is 44.1 Å². The van der Waals surface area contributed by atoms with E-state index in [0.29, 0.717) is 5.56 Å². The second kappa shape index (κ2) is 14.2. The summed E-state index contributed by atoms with van der Waals surface area (Å²) in [6, 6.07) is -0.358. The molecule has 0 aromatic heterocycles. The summed E-state index contributed by atoms with van der Waals surface area (Å²) in [6.45, 7) is -0.736. The van der Waals surface area contributed by atoms with Crippen LogP contribution in [0.5, 0.6) is 5.75 Å². The monoisotopic (exact) mass is 510 g/mol. The number of hydrogen-bond donors (Lipinski definition) is 9. The summed E-state index contributed by atoms with van der Waals surface area (Å²) in [7, 11) is 0. The first-order chi connectivity index (χ1) is 16.8. The summed E-state index contributed by atoms with van der Waals surface area (Å²) >= 11 is 0. The lowest BCUT2D eigenvalue weighted by Crippen LogP contribution is -2.58. The number of amides is 5. The number of primary amides is 2. The van der Waals surface area contributed by atoms with Crippen molar-refractivity contribution in [2.24, 2.45) is 17.2 Å². The Balaban J connectivity index is 3.03. The minimum atomic E-state index is -1.63. The zero-order valence-corrected chi connectivity index (χ0v) is 19.2. The Labute approximate surface area is 205 Å². The third kappa shape index (κ3) is 10.4. The quantitative estimate of drug-likeness (QED) is 0.110. The molecule has 5 amide bonds. The smallest absolute Gasteiger partial charge is 0.326 e. The van der Waals surface area contributed by atoms with Crippen molar-refractivity contribution >= 4 is 35.5 Å². The van der Waals surface area contributed by atoms with E-state index in [0.717, 1.165) is 0 Å². The van der Waals surface area contributed by atoms with Gasteiger partial charge in [0.15, 0.2) is 0 Å². The fourth-order valence-electron chi connectivity index (χ4n) is 2.94. The Morgan fingerprint density at radius 3 is 1.83 bits per heavy atom. The van der Waals surface area contributed by atoms with Gasteiger partial charge >= 0.3 is 5.97 Å². The highest BCUT2D eigenvalue weighted by Crippen LogP contribution is 2.12. The highest BCUT2D eigenvalue weighted by Gasteiger charge is 2.31. The standard InChI is InChI=1S/C21H30N6O9/c22-12(9-28)18(32)25-13(5-6-16(23)30)19(33)26-14(8-17(24)31)20(34)27-15(21(35)36)7-10-1-3-11(29)4-2-10/h1-4,12-15,28-29H,5-9,22H2,(H2,23,30)(H2,24,31)(H,25,32)(H,26,33)(H,27,34)(H,35,36)/t12-,13-,14-,15-/m0/s1. The molecular formula is C21H30N6O9. The molecule has 1 aromatic rings. The van der Waals surface area contributed by atoms with Crippen molar-refractivity contribution in [3.8, 4) is 5.75 Å². The van der Waals surface area contributed by atoms with Crippen LogP contribution in [0.25, 0.3) is 0 Å². The number of nitrogens with one attached hydrogen (secondary N) is 3. The van der Waals surface area contributed by atoms with Crippen LogP contribution in [0.15, 0.2) is 24.3 Å². The summed E-state index contributed by atoms with van der Waals surface area (Å²) in [6.07, 6.45) is -1.54. The number of carbonyl (C=O) groups is 6. The maximum absolute atomic E-state index is 12.8. The summed E-state index contributed by atoms with van der Waals surface area (Å²) in [5, 5.41) is 34.5. The topological polar surface area (TPSA) is 277 Å². The van der Waals surface area contributed by atoms with Gasteiger partial charge in [-0.2, -0.15) is 0 Å². The molecule has 4 atom stereocenters. The van der Waals surface area contributed by atoms with E-state index in [2.05, 4.69) is 16.0 Å². The van der Waals surface area contributed by atoms with Gasteiger partial charge in [0.05, 0.1) is 13.0 Å². The number of nitrogens with two attached hydrogens (primary N) is 3. The molecule has 0 saturated heterocycles. The van der Waals surface area contributed by atoms with Crippen LogP contribution in [0.3, 0.4) is 0 Å². The molecule has 15 nitrogen and oxygen atoms in total. The van der Waals surface area contributed by atoms with E-state index in [4.69, 9.17) is 22.3 Å². The summed E-state index contributed by atoms with van der Waals surface area (Å²) in [4.78, 5) is 71.9. The van der Waals surface area contributed by atoms with E-state index in [1.807, 2.05) is 0 Å². The highest BCUT2D eigenvalue weighted by molar-refractivity contribution is 5.96. The summed E-state index contributed by atoms with van der Waals surface area (Å²) in [5.74, 6) is -6.25. The Morgan fingerprint density at radius 2 is 1.33 bits per heavy atom. The van der Waals surface area contributed by atoms with Crippen LogP contribution in [0.1, 0.15) is 24.8 Å². The lowest BCUT2D eigenvalue weighted by atomic mass is 10.0. The third-order valence-electron chi connectivity index (χ3n) is 4.87. The largest absolute Gasteiger partial charge is 0.508 e. The molecule has 0 aliphatic carbocycles. The van der Waals surface area contributed by atoms with Gasteiger partial charge < -0.3 is 48.5 Å². The van der Waals surface area contributed by atoms with E-state index in [-0.39, 0.29) is 25.0 Å². The van der Waals surface area contributed by atoms with Crippen LogP contribution in [0.4, 0.5) is 0 Å². The summed E-state index contributed by atoms with van der Waals surface area (Å²) < 4.78 is 0. The van der Waals surface area contributed by atoms with Gasteiger partial charge in [-0.15, -0.1) is 0 Å². The van der Waals surface area contributed by atoms with E-state index in [1.165, 1.54) is 24.3 Å². The second-order valence-corrected chi connectivity index (χ2v) is 7.86. The zero-order chi connectivity index (χ0) is 27.4. The van der Waals surface area contributed by atoms with Crippen LogP contribution >= 0.6 is 0 Å². The van der Waals surface area contributed by atoms with E-state index in [9.17, 15) is 39.0 Å². The van der Waals surface area contributed by atoms with Crippen molar-refractivity contribution in [1.82, 2.24) is 16.0 Å². The van der Waals surface area contributed by atoms with Gasteiger partial charge in [-0.05, 0) is 24.1 Å². The maximum atomic E-state index is 12.8. The van der Waals surface area contributed by atoms with Gasteiger partial charge in [0, 0.05) is 12.8 Å². The Morgan fingerprint density at radius 1 is 0.806 bits per heavy atom. The molecule has 1 aromatic carbocycles. The van der Waals surface area contributed by atoms with Gasteiger partial charge in [0.25, 0.3) is 0 Å². The van der Waals surface area contributed by atoms with Crippen LogP contribution < -0.4 is 33.2 Å². The number of carbonyl (C=O) groups excluding carboxylic acids is 5. The van der Waals surface area contributed by atoms with Crippen LogP contribution in [0, 0.1) is 0 Å². The third-order valence-corrected chi connectivity index (χ3v) is 4.87. The number of aliphatic hydroxyl groups excluding tert-OH is 1. The molecule has 0 unspecified atom stereocenters. The van der Waals surface area contributed by atoms with Gasteiger partial charge in [-0.3, -0.25) is 24.0 Å². The van der Waals surface area contributed by atoms with Crippen molar-refractivity contribution in [3.05, 3.63) is 29.8 Å². The number of benzene rings is 1. The molecule has 0 fully saturated rings. The zero-order valence-electron chi connectivity index (χ0n) is 19.2. The number of aliphatic hydroxyl groups is 1. The second-order valence-electron chi connectivity index (χ2n) is 7.86. The molecule has 198 valence electrons. The molecule has 0 heterocycles. The number of carboxylic acid groups (broad SMARTS) is 1. The van der Waals surface area contributed by atoms with Gasteiger partial charge in [0.1, 0.15) is 29.9 Å². The van der Waals surface area contributed by atoms with Gasteiger partial charge in [-0.25, -0.2) is 4.79 Å². The molecule has 12 N–H and O–H groups in total. The Kier molecular flexibility index (Phi) is 11.8. The lowest BCUT2D eigenvalue weighted by Gasteiger charge is -2.24. The molecule has 1 rings (SSSR count). The molecule has 0 saturated carbocycles. The maximum Gasteiger partial charge on any atom is 0.326 e.